The second-order valence-corrected chi connectivity index (χ2v) is 7.37. The van der Waals surface area contributed by atoms with Crippen LogP contribution >= 0.6 is 0 Å². The third-order valence-electron chi connectivity index (χ3n) is 5.13. The van der Waals surface area contributed by atoms with Gasteiger partial charge in [0.2, 0.25) is 5.91 Å². The Labute approximate surface area is 172 Å². The first-order chi connectivity index (χ1) is 14.7. The number of amides is 2. The average molecular weight is 397 g/mol. The highest BCUT2D eigenvalue weighted by atomic mass is 16.2. The lowest BCUT2D eigenvalue weighted by atomic mass is 10.0. The van der Waals surface area contributed by atoms with Crippen molar-refractivity contribution in [3.63, 3.8) is 0 Å². The molecule has 7 heteroatoms. The number of hydrogen-bond acceptors (Lipinski definition) is 4. The smallest absolute Gasteiger partial charge is 0.276 e. The summed E-state index contributed by atoms with van der Waals surface area (Å²) in [6, 6.07) is 16.7. The van der Waals surface area contributed by atoms with Gasteiger partial charge in [0.1, 0.15) is 0 Å². The van der Waals surface area contributed by atoms with E-state index in [0.717, 1.165) is 40.6 Å². The summed E-state index contributed by atoms with van der Waals surface area (Å²) < 4.78 is 0. The molecule has 1 saturated carbocycles. The van der Waals surface area contributed by atoms with E-state index >= 15 is 0 Å². The lowest BCUT2D eigenvalue weighted by Crippen LogP contribution is -2.14. The molecule has 0 bridgehead atoms. The molecular formula is C23H19N5O2. The lowest BCUT2D eigenvalue weighted by Gasteiger charge is -2.07. The van der Waals surface area contributed by atoms with Crippen molar-refractivity contribution in [2.75, 3.05) is 10.6 Å². The first-order valence-electron chi connectivity index (χ1n) is 9.78. The number of pyridine rings is 1. The highest BCUT2D eigenvalue weighted by Gasteiger charge is 2.29. The second kappa shape index (κ2) is 7.44. The molecule has 0 aliphatic heterocycles. The molecule has 0 spiro atoms. The van der Waals surface area contributed by atoms with Crippen LogP contribution in [0.2, 0.25) is 0 Å². The highest BCUT2D eigenvalue weighted by molar-refractivity contribution is 6.11. The highest BCUT2D eigenvalue weighted by Crippen LogP contribution is 2.30. The molecule has 2 aromatic carbocycles. The Morgan fingerprint density at radius 3 is 2.40 bits per heavy atom. The summed E-state index contributed by atoms with van der Waals surface area (Å²) in [4.78, 5) is 28.8. The maximum Gasteiger partial charge on any atom is 0.276 e. The van der Waals surface area contributed by atoms with Gasteiger partial charge in [-0.3, -0.25) is 19.7 Å². The molecule has 2 aromatic heterocycles. The molecule has 0 atom stereocenters. The normalized spacial score (nSPS) is 13.2. The molecule has 3 N–H and O–H groups in total. The Kier molecular flexibility index (Phi) is 4.48. The third-order valence-corrected chi connectivity index (χ3v) is 5.13. The van der Waals surface area contributed by atoms with E-state index in [1.165, 1.54) is 0 Å². The van der Waals surface area contributed by atoms with Gasteiger partial charge >= 0.3 is 0 Å². The van der Waals surface area contributed by atoms with Gasteiger partial charge in [-0.1, -0.05) is 12.1 Å². The minimum Gasteiger partial charge on any atom is -0.326 e. The Morgan fingerprint density at radius 1 is 0.933 bits per heavy atom. The van der Waals surface area contributed by atoms with Crippen molar-refractivity contribution in [1.82, 2.24) is 15.2 Å². The van der Waals surface area contributed by atoms with Gasteiger partial charge in [0.25, 0.3) is 5.91 Å². The Morgan fingerprint density at radius 2 is 1.70 bits per heavy atom. The number of nitrogens with one attached hydrogen (secondary N) is 3. The van der Waals surface area contributed by atoms with E-state index in [-0.39, 0.29) is 17.7 Å². The maximum atomic E-state index is 12.8. The number of carbonyl (C=O) groups is 2. The number of benzene rings is 2. The Hall–Kier alpha value is -4.00. The molecule has 148 valence electrons. The molecule has 4 aromatic rings. The van der Waals surface area contributed by atoms with E-state index in [1.54, 1.807) is 36.7 Å². The largest absolute Gasteiger partial charge is 0.326 e. The number of aromatic nitrogens is 3. The minimum atomic E-state index is -0.306. The first-order valence-corrected chi connectivity index (χ1v) is 9.78. The topological polar surface area (TPSA) is 99.8 Å². The van der Waals surface area contributed by atoms with Crippen LogP contribution < -0.4 is 10.6 Å². The number of carbonyl (C=O) groups excluding carboxylic acids is 2. The quantitative estimate of drug-likeness (QED) is 0.469. The van der Waals surface area contributed by atoms with E-state index in [2.05, 4.69) is 25.8 Å². The molecule has 0 saturated heterocycles. The van der Waals surface area contributed by atoms with Crippen LogP contribution in [0, 0.1) is 5.92 Å². The van der Waals surface area contributed by atoms with E-state index in [0.29, 0.717) is 11.4 Å². The van der Waals surface area contributed by atoms with Crippen LogP contribution in [0.25, 0.3) is 22.0 Å². The number of nitrogens with zero attached hydrogens (tertiary/aromatic N) is 2. The van der Waals surface area contributed by atoms with E-state index < -0.39 is 0 Å². The molecular weight excluding hydrogens is 378 g/mol. The molecule has 7 nitrogen and oxygen atoms in total. The molecule has 1 fully saturated rings. The molecule has 30 heavy (non-hydrogen) atoms. The summed E-state index contributed by atoms with van der Waals surface area (Å²) in [6.07, 6.45) is 5.42. The number of aromatic amines is 1. The number of anilines is 2. The molecule has 2 heterocycles. The van der Waals surface area contributed by atoms with Crippen LogP contribution in [0.3, 0.4) is 0 Å². The van der Waals surface area contributed by atoms with Gasteiger partial charge in [-0.25, -0.2) is 0 Å². The average Bonchev–Trinajstić information content (AvgIpc) is 3.55. The number of H-pyrrole nitrogens is 1. The van der Waals surface area contributed by atoms with Gasteiger partial charge in [-0.2, -0.15) is 5.10 Å². The first kappa shape index (κ1) is 18.1. The Bertz CT molecular complexity index is 1230. The molecule has 5 rings (SSSR count). The van der Waals surface area contributed by atoms with Gasteiger partial charge in [-0.05, 0) is 60.9 Å². The van der Waals surface area contributed by atoms with Crippen LogP contribution in [-0.2, 0) is 4.79 Å². The van der Waals surface area contributed by atoms with Crippen molar-refractivity contribution < 1.29 is 9.59 Å². The minimum absolute atomic E-state index is 0.0548. The fourth-order valence-electron chi connectivity index (χ4n) is 3.32. The van der Waals surface area contributed by atoms with Crippen molar-refractivity contribution in [2.45, 2.75) is 12.8 Å². The molecule has 0 radical (unpaired) electrons. The molecule has 2 amide bonds. The van der Waals surface area contributed by atoms with Gasteiger partial charge < -0.3 is 10.6 Å². The summed E-state index contributed by atoms with van der Waals surface area (Å²) in [5.74, 6) is -0.104. The number of rotatable bonds is 5. The zero-order chi connectivity index (χ0) is 20.5. The fraction of sp³-hybridized carbons (Fsp3) is 0.130. The van der Waals surface area contributed by atoms with Crippen LogP contribution in [0.4, 0.5) is 11.4 Å². The summed E-state index contributed by atoms with van der Waals surface area (Å²) in [6.45, 7) is 0. The van der Waals surface area contributed by atoms with E-state index in [4.69, 9.17) is 0 Å². The van der Waals surface area contributed by atoms with Gasteiger partial charge in [0, 0.05) is 40.6 Å². The summed E-state index contributed by atoms with van der Waals surface area (Å²) in [5, 5.41) is 13.6. The number of fused-ring (bicyclic) bond motifs is 1. The monoisotopic (exact) mass is 397 g/mol. The molecule has 1 aliphatic carbocycles. The van der Waals surface area contributed by atoms with Gasteiger partial charge in [-0.15, -0.1) is 0 Å². The van der Waals surface area contributed by atoms with Crippen LogP contribution in [0.1, 0.15) is 23.3 Å². The summed E-state index contributed by atoms with van der Waals surface area (Å²) >= 11 is 0. The molecule has 0 unspecified atom stereocenters. The van der Waals surface area contributed by atoms with Crippen LogP contribution in [0.5, 0.6) is 0 Å². The predicted molar refractivity (Wildman–Crippen MR) is 115 cm³/mol. The van der Waals surface area contributed by atoms with Crippen molar-refractivity contribution in [3.05, 3.63) is 72.7 Å². The van der Waals surface area contributed by atoms with Crippen molar-refractivity contribution in [1.29, 1.82) is 0 Å². The third kappa shape index (κ3) is 3.65. The Balaban J connectivity index is 1.35. The van der Waals surface area contributed by atoms with E-state index in [1.807, 2.05) is 30.3 Å². The van der Waals surface area contributed by atoms with Crippen molar-refractivity contribution in [3.8, 4) is 11.1 Å². The standard InChI is InChI=1S/C23H19N5O2/c29-22(14-3-4-14)25-17-6-8-18(9-7-17)26-23(30)21-19-12-15(5-10-20(19)27-28-21)16-2-1-11-24-13-16/h1-2,5-14H,3-4H2,(H,25,29)(H,26,30)(H,27,28). The molecule has 1 aliphatic rings. The van der Waals surface area contributed by atoms with E-state index in [9.17, 15) is 9.59 Å². The zero-order valence-corrected chi connectivity index (χ0v) is 16.1. The fourth-order valence-corrected chi connectivity index (χ4v) is 3.32. The van der Waals surface area contributed by atoms with Crippen molar-refractivity contribution >= 4 is 34.1 Å². The van der Waals surface area contributed by atoms with Crippen molar-refractivity contribution in [2.24, 2.45) is 5.92 Å². The SMILES string of the molecule is O=C(Nc1ccc(NC(=O)C2CC2)cc1)c1n[nH]c2ccc(-c3cccnc3)cc12. The van der Waals surface area contributed by atoms with Crippen LogP contribution in [0.15, 0.2) is 67.0 Å². The van der Waals surface area contributed by atoms with Gasteiger partial charge in [0.05, 0.1) is 5.52 Å². The van der Waals surface area contributed by atoms with Gasteiger partial charge in [0.15, 0.2) is 5.69 Å². The number of hydrogen-bond donors (Lipinski definition) is 3. The second-order valence-electron chi connectivity index (χ2n) is 7.37. The summed E-state index contributed by atoms with van der Waals surface area (Å²) in [7, 11) is 0. The van der Waals surface area contributed by atoms with Crippen LogP contribution in [-0.4, -0.2) is 27.0 Å². The zero-order valence-electron chi connectivity index (χ0n) is 16.1. The summed E-state index contributed by atoms with van der Waals surface area (Å²) in [5.41, 5.74) is 4.38. The lowest BCUT2D eigenvalue weighted by molar-refractivity contribution is -0.117. The maximum absolute atomic E-state index is 12.8. The predicted octanol–water partition coefficient (Wildman–Crippen LogP) is 4.23.